The van der Waals surface area contributed by atoms with Gasteiger partial charge in [0, 0.05) is 12.0 Å². The summed E-state index contributed by atoms with van der Waals surface area (Å²) >= 11 is 13.0. The van der Waals surface area contributed by atoms with E-state index >= 15 is 0 Å². The smallest absolute Gasteiger partial charge is 0.496 e. The molecule has 1 N–H and O–H groups in total. The van der Waals surface area contributed by atoms with E-state index in [4.69, 9.17) is 46.9 Å². The zero-order chi connectivity index (χ0) is 35.8. The molecule has 48 heavy (non-hydrogen) atoms. The third-order valence-electron chi connectivity index (χ3n) is 6.14. The Bertz CT molecular complexity index is 1610. The van der Waals surface area contributed by atoms with Crippen molar-refractivity contribution in [3.8, 4) is 23.0 Å². The van der Waals surface area contributed by atoms with Crippen molar-refractivity contribution >= 4 is 41.0 Å². The molecule has 0 aliphatic carbocycles. The van der Waals surface area contributed by atoms with Crippen molar-refractivity contribution in [1.82, 2.24) is 5.32 Å². The van der Waals surface area contributed by atoms with Crippen molar-refractivity contribution in [3.05, 3.63) is 85.4 Å². The van der Waals surface area contributed by atoms with Crippen molar-refractivity contribution < 1.29 is 56.1 Å². The van der Waals surface area contributed by atoms with Gasteiger partial charge in [0.15, 0.2) is 5.75 Å². The van der Waals surface area contributed by atoms with Gasteiger partial charge in [-0.05, 0) is 62.2 Å². The lowest BCUT2D eigenvalue weighted by Crippen LogP contribution is -2.45. The van der Waals surface area contributed by atoms with Gasteiger partial charge in [-0.15, -0.1) is 13.2 Å². The Hall–Kier alpha value is -4.63. The minimum Gasteiger partial charge on any atom is -0.496 e. The Morgan fingerprint density at radius 2 is 1.50 bits per heavy atom. The number of amides is 1. The van der Waals surface area contributed by atoms with Crippen LogP contribution in [-0.4, -0.2) is 49.2 Å². The van der Waals surface area contributed by atoms with E-state index in [2.05, 4.69) is 10.1 Å². The van der Waals surface area contributed by atoms with E-state index in [1.54, 1.807) is 20.8 Å². The van der Waals surface area contributed by atoms with Gasteiger partial charge < -0.3 is 33.7 Å². The van der Waals surface area contributed by atoms with E-state index in [1.165, 1.54) is 37.4 Å². The maximum absolute atomic E-state index is 12.5. The molecule has 0 aromatic heterocycles. The van der Waals surface area contributed by atoms with Crippen LogP contribution in [0.2, 0.25) is 10.0 Å². The summed E-state index contributed by atoms with van der Waals surface area (Å²) in [6.07, 6.45) is -5.78. The maximum atomic E-state index is 12.5. The third kappa shape index (κ3) is 11.3. The summed E-state index contributed by atoms with van der Waals surface area (Å²) in [5.74, 6) is -1.29. The van der Waals surface area contributed by atoms with Crippen molar-refractivity contribution in [3.63, 3.8) is 0 Å². The molecule has 3 aromatic rings. The summed E-state index contributed by atoms with van der Waals surface area (Å²) in [7, 11) is 2.47. The van der Waals surface area contributed by atoms with Crippen molar-refractivity contribution in [2.24, 2.45) is 0 Å². The van der Waals surface area contributed by atoms with Crippen LogP contribution in [0.4, 0.5) is 23.7 Å². The number of methoxy groups -OCH3 is 2. The highest BCUT2D eigenvalue weighted by Gasteiger charge is 2.31. The Morgan fingerprint density at radius 3 is 2.02 bits per heavy atom. The number of nitro benzene ring substituents is 1. The van der Waals surface area contributed by atoms with Gasteiger partial charge in [-0.1, -0.05) is 35.3 Å². The molecular weight excluding hydrogens is 688 g/mol. The first-order valence-corrected chi connectivity index (χ1v) is 14.7. The molecule has 0 aliphatic rings. The molecule has 3 aromatic carbocycles. The van der Waals surface area contributed by atoms with Gasteiger partial charge in [-0.25, -0.2) is 9.59 Å². The van der Waals surface area contributed by atoms with E-state index in [9.17, 15) is 32.9 Å². The number of alkyl carbamates (subject to hydrolysis) is 1. The summed E-state index contributed by atoms with van der Waals surface area (Å²) < 4.78 is 68.2. The van der Waals surface area contributed by atoms with Crippen LogP contribution in [0.5, 0.6) is 23.0 Å². The highest BCUT2D eigenvalue weighted by Crippen LogP contribution is 2.39. The highest BCUT2D eigenvalue weighted by atomic mass is 35.5. The topological polar surface area (TPSA) is 145 Å². The zero-order valence-corrected chi connectivity index (χ0v) is 27.7. The average molecular weight is 719 g/mol. The summed E-state index contributed by atoms with van der Waals surface area (Å²) in [6, 6.07) is 9.09. The fraction of sp³-hybridized carbons (Fsp3) is 0.355. The average Bonchev–Trinajstić information content (AvgIpc) is 2.97. The molecule has 0 spiro atoms. The van der Waals surface area contributed by atoms with Crippen molar-refractivity contribution in [1.29, 1.82) is 0 Å². The summed E-state index contributed by atoms with van der Waals surface area (Å²) in [5.41, 5.74) is -0.318. The molecule has 0 aliphatic heterocycles. The van der Waals surface area contributed by atoms with Crippen LogP contribution in [0, 0.1) is 10.1 Å². The number of rotatable bonds is 13. The lowest BCUT2D eigenvalue weighted by Gasteiger charge is -2.23. The monoisotopic (exact) mass is 718 g/mol. The number of halogens is 5. The Kier molecular flexibility index (Phi) is 12.6. The number of alkyl halides is 3. The van der Waals surface area contributed by atoms with Gasteiger partial charge in [0.1, 0.15) is 36.4 Å². The zero-order valence-electron chi connectivity index (χ0n) is 26.2. The van der Waals surface area contributed by atoms with Gasteiger partial charge in [0.05, 0.1) is 35.3 Å². The lowest BCUT2D eigenvalue weighted by atomic mass is 10.1. The highest BCUT2D eigenvalue weighted by molar-refractivity contribution is 6.37. The fourth-order valence-electron chi connectivity index (χ4n) is 4.15. The number of hydrogen-bond acceptors (Lipinski definition) is 10. The van der Waals surface area contributed by atoms with Crippen LogP contribution in [0.3, 0.4) is 0 Å². The number of carbonyl (C=O) groups excluding carboxylic acids is 2. The number of nitro groups is 1. The molecule has 17 heteroatoms. The lowest BCUT2D eigenvalue weighted by molar-refractivity contribution is -0.386. The minimum atomic E-state index is -4.87. The molecule has 0 heterocycles. The van der Waals surface area contributed by atoms with Crippen LogP contribution < -0.4 is 24.3 Å². The van der Waals surface area contributed by atoms with Crippen LogP contribution in [-0.2, 0) is 33.9 Å². The van der Waals surface area contributed by atoms with E-state index in [0.29, 0.717) is 11.1 Å². The number of nitrogens with zero attached hydrogens (tertiary/aromatic N) is 1. The molecule has 0 unspecified atom stereocenters. The first-order valence-electron chi connectivity index (χ1n) is 13.9. The third-order valence-corrected chi connectivity index (χ3v) is 6.70. The van der Waals surface area contributed by atoms with Crippen LogP contribution >= 0.6 is 23.2 Å². The largest absolute Gasteiger partial charge is 0.573 e. The summed E-state index contributed by atoms with van der Waals surface area (Å²) in [5, 5.41) is 14.4. The molecule has 0 fully saturated rings. The van der Waals surface area contributed by atoms with Crippen LogP contribution in [0.15, 0.2) is 48.5 Å². The second-order valence-electron chi connectivity index (χ2n) is 11.0. The van der Waals surface area contributed by atoms with Gasteiger partial charge in [0.2, 0.25) is 5.75 Å². The Morgan fingerprint density at radius 1 is 0.896 bits per heavy atom. The molecule has 12 nitrogen and oxygen atoms in total. The molecule has 1 atom stereocenters. The number of carbonyl (C=O) groups is 2. The molecule has 0 saturated heterocycles. The SMILES string of the molecule is COC(=O)[C@H](Cc1cc(Cl)c(OCc2cc(OC)cc([N+](=O)[O-])c2OCc2ccc(OC(F)(F)F)cc2)c(Cl)c1)NC(=O)OC(C)(C)C. The van der Waals surface area contributed by atoms with Gasteiger partial charge in [-0.2, -0.15) is 0 Å². The van der Waals surface area contributed by atoms with Crippen LogP contribution in [0.25, 0.3) is 0 Å². The predicted molar refractivity (Wildman–Crippen MR) is 167 cm³/mol. The van der Waals surface area contributed by atoms with E-state index in [0.717, 1.165) is 25.3 Å². The minimum absolute atomic E-state index is 0.00604. The normalized spacial score (nSPS) is 12.0. The number of ether oxygens (including phenoxy) is 6. The Labute approximate surface area is 283 Å². The van der Waals surface area contributed by atoms with E-state index < -0.39 is 46.4 Å². The predicted octanol–water partition coefficient (Wildman–Crippen LogP) is 7.58. The second-order valence-corrected chi connectivity index (χ2v) is 11.8. The standard InChI is InChI=1S/C31H31Cl2F3N2O10/c1-30(2,3)48-29(40)37-24(28(39)44-5)12-18-10-22(32)27(23(33)11-18)46-16-19-13-21(43-4)14-25(38(41)42)26(19)45-15-17-6-8-20(9-7-17)47-31(34,35)36/h6-11,13-14,24H,12,15-16H2,1-5H3,(H,37,40)/t24-/m0/s1. The molecule has 0 radical (unpaired) electrons. The number of nitrogens with one attached hydrogen (secondary N) is 1. The van der Waals surface area contributed by atoms with Gasteiger partial charge >= 0.3 is 24.1 Å². The molecule has 0 bridgehead atoms. The molecule has 0 saturated carbocycles. The molecular formula is C31H31Cl2F3N2O10. The van der Waals surface area contributed by atoms with Crippen LogP contribution in [0.1, 0.15) is 37.5 Å². The first kappa shape index (κ1) is 37.8. The quantitative estimate of drug-likeness (QED) is 0.107. The van der Waals surface area contributed by atoms with E-state index in [-0.39, 0.29) is 52.5 Å². The van der Waals surface area contributed by atoms with Crippen molar-refractivity contribution in [2.75, 3.05) is 14.2 Å². The molecule has 3 rings (SSSR count). The molecule has 260 valence electrons. The van der Waals surface area contributed by atoms with Gasteiger partial charge in [0.25, 0.3) is 0 Å². The number of hydrogen-bond donors (Lipinski definition) is 1. The van der Waals surface area contributed by atoms with Crippen molar-refractivity contribution in [2.45, 2.75) is 58.4 Å². The number of benzene rings is 3. The summed E-state index contributed by atoms with van der Waals surface area (Å²) in [6.45, 7) is 4.37. The second kappa shape index (κ2) is 16.0. The maximum Gasteiger partial charge on any atom is 0.573 e. The molecule has 1 amide bonds. The Balaban J connectivity index is 1.84. The fourth-order valence-corrected chi connectivity index (χ4v) is 4.79. The summed E-state index contributed by atoms with van der Waals surface area (Å²) in [4.78, 5) is 35.9. The van der Waals surface area contributed by atoms with Gasteiger partial charge in [-0.3, -0.25) is 10.1 Å². The first-order chi connectivity index (χ1) is 22.4. The number of esters is 1. The van der Waals surface area contributed by atoms with E-state index in [1.807, 2.05) is 0 Å².